The molecule has 2 nitrogen and oxygen atoms in total. The minimum Gasteiger partial charge on any atom is -0.359 e. The quantitative estimate of drug-likeness (QED) is 0.303. The third-order valence-electron chi connectivity index (χ3n) is 6.32. The van der Waals surface area contributed by atoms with Crippen molar-refractivity contribution < 1.29 is 0 Å². The molecule has 1 atom stereocenters. The van der Waals surface area contributed by atoms with Gasteiger partial charge in [-0.25, -0.2) is 0 Å². The van der Waals surface area contributed by atoms with Gasteiger partial charge >= 0.3 is 0 Å². The number of benzene rings is 5. The Kier molecular flexibility index (Phi) is 4.00. The summed E-state index contributed by atoms with van der Waals surface area (Å²) in [6.07, 6.45) is 0.0451. The Morgan fingerprint density at radius 2 is 1.42 bits per heavy atom. The van der Waals surface area contributed by atoms with Crippen molar-refractivity contribution in [3.05, 3.63) is 114 Å². The molecule has 1 aliphatic heterocycles. The molecule has 0 bridgehead atoms. The molecule has 2 heteroatoms. The third kappa shape index (κ3) is 2.87. The van der Waals surface area contributed by atoms with Gasteiger partial charge in [0.2, 0.25) is 0 Å². The van der Waals surface area contributed by atoms with Gasteiger partial charge in [0.05, 0.1) is 11.4 Å². The number of anilines is 3. The van der Waals surface area contributed by atoms with Gasteiger partial charge < -0.3 is 10.2 Å². The standard InChI is InChI=1S/C29H24N2/c1-19-7-6-10-24(17-19)31-28-26(30-29(31)23-8-4-3-5-9-23)16-15-22-14-13-21-12-11-20(2)18-25(21)27(22)28/h3-18,29-30H,1-2H3. The molecule has 0 radical (unpaired) electrons. The van der Waals surface area contributed by atoms with Crippen LogP contribution in [0.5, 0.6) is 0 Å². The maximum atomic E-state index is 3.82. The molecule has 0 fully saturated rings. The van der Waals surface area contributed by atoms with E-state index in [9.17, 15) is 0 Å². The number of fused-ring (bicyclic) bond motifs is 5. The number of rotatable bonds is 2. The lowest BCUT2D eigenvalue weighted by Gasteiger charge is -2.28. The van der Waals surface area contributed by atoms with E-state index < -0.39 is 0 Å². The van der Waals surface area contributed by atoms with Crippen molar-refractivity contribution in [2.24, 2.45) is 0 Å². The summed E-state index contributed by atoms with van der Waals surface area (Å²) < 4.78 is 0. The monoisotopic (exact) mass is 400 g/mol. The van der Waals surface area contributed by atoms with Gasteiger partial charge in [0.1, 0.15) is 6.17 Å². The number of nitrogens with zero attached hydrogens (tertiary/aromatic N) is 1. The SMILES string of the molecule is Cc1cccc(N2c3c(ccc4ccc5ccc(C)cc5c34)NC2c2ccccc2)c1. The molecule has 0 aliphatic carbocycles. The van der Waals surface area contributed by atoms with E-state index in [1.807, 2.05) is 0 Å². The highest BCUT2D eigenvalue weighted by Gasteiger charge is 2.33. The van der Waals surface area contributed by atoms with Crippen LogP contribution in [0.3, 0.4) is 0 Å². The lowest BCUT2D eigenvalue weighted by Crippen LogP contribution is -2.23. The zero-order valence-electron chi connectivity index (χ0n) is 17.8. The van der Waals surface area contributed by atoms with Gasteiger partial charge in [0.25, 0.3) is 0 Å². The average molecular weight is 401 g/mol. The van der Waals surface area contributed by atoms with E-state index in [1.165, 1.54) is 55.3 Å². The predicted octanol–water partition coefficient (Wildman–Crippen LogP) is 7.87. The summed E-state index contributed by atoms with van der Waals surface area (Å²) in [4.78, 5) is 2.47. The fraction of sp³-hybridized carbons (Fsp3) is 0.103. The Labute approximate surface area is 182 Å². The van der Waals surface area contributed by atoms with Crippen molar-refractivity contribution in [2.45, 2.75) is 20.0 Å². The van der Waals surface area contributed by atoms with Gasteiger partial charge in [0, 0.05) is 11.1 Å². The minimum atomic E-state index is 0.0451. The Morgan fingerprint density at radius 3 is 2.26 bits per heavy atom. The molecule has 150 valence electrons. The van der Waals surface area contributed by atoms with Crippen LogP contribution in [0, 0.1) is 13.8 Å². The summed E-state index contributed by atoms with van der Waals surface area (Å²) in [6.45, 7) is 4.33. The fourth-order valence-electron chi connectivity index (χ4n) is 4.87. The molecular weight excluding hydrogens is 376 g/mol. The third-order valence-corrected chi connectivity index (χ3v) is 6.32. The molecule has 1 aliphatic rings. The topological polar surface area (TPSA) is 15.3 Å². The first-order chi connectivity index (χ1) is 15.2. The zero-order chi connectivity index (χ0) is 20.9. The first kappa shape index (κ1) is 18.0. The van der Waals surface area contributed by atoms with Gasteiger partial charge in [-0.1, -0.05) is 84.4 Å². The van der Waals surface area contributed by atoms with E-state index in [1.54, 1.807) is 0 Å². The van der Waals surface area contributed by atoms with Crippen molar-refractivity contribution in [1.82, 2.24) is 0 Å². The zero-order valence-corrected chi connectivity index (χ0v) is 17.8. The van der Waals surface area contributed by atoms with Crippen LogP contribution in [0.4, 0.5) is 17.1 Å². The van der Waals surface area contributed by atoms with Crippen molar-refractivity contribution in [3.63, 3.8) is 0 Å². The Hall–Kier alpha value is -3.78. The van der Waals surface area contributed by atoms with Crippen LogP contribution in [-0.2, 0) is 0 Å². The predicted molar refractivity (Wildman–Crippen MR) is 132 cm³/mol. The van der Waals surface area contributed by atoms with Crippen LogP contribution < -0.4 is 10.2 Å². The van der Waals surface area contributed by atoms with Crippen molar-refractivity contribution in [2.75, 3.05) is 10.2 Å². The number of nitrogens with one attached hydrogen (secondary N) is 1. The molecule has 1 N–H and O–H groups in total. The highest BCUT2D eigenvalue weighted by Crippen LogP contribution is 2.51. The molecule has 0 spiro atoms. The van der Waals surface area contributed by atoms with Gasteiger partial charge in [0.15, 0.2) is 0 Å². The fourth-order valence-corrected chi connectivity index (χ4v) is 4.87. The summed E-state index contributed by atoms with van der Waals surface area (Å²) in [5, 5.41) is 8.98. The molecule has 0 aromatic heterocycles. The first-order valence-corrected chi connectivity index (χ1v) is 10.8. The number of hydrogen-bond acceptors (Lipinski definition) is 2. The normalized spacial score (nSPS) is 15.3. The minimum absolute atomic E-state index is 0.0451. The van der Waals surface area contributed by atoms with E-state index in [4.69, 9.17) is 0 Å². The van der Waals surface area contributed by atoms with Crippen LogP contribution in [-0.4, -0.2) is 0 Å². The second-order valence-corrected chi connectivity index (χ2v) is 8.52. The van der Waals surface area contributed by atoms with E-state index in [0.717, 1.165) is 0 Å². The summed E-state index contributed by atoms with van der Waals surface area (Å²) >= 11 is 0. The van der Waals surface area contributed by atoms with Crippen LogP contribution >= 0.6 is 0 Å². The van der Waals surface area contributed by atoms with Gasteiger partial charge in [-0.3, -0.25) is 0 Å². The second kappa shape index (κ2) is 6.88. The van der Waals surface area contributed by atoms with Crippen molar-refractivity contribution in [1.29, 1.82) is 0 Å². The molecule has 31 heavy (non-hydrogen) atoms. The van der Waals surface area contributed by atoms with E-state index in [0.29, 0.717) is 0 Å². The van der Waals surface area contributed by atoms with E-state index in [2.05, 4.69) is 121 Å². The molecule has 0 saturated carbocycles. The first-order valence-electron chi connectivity index (χ1n) is 10.8. The Morgan fingerprint density at radius 1 is 0.677 bits per heavy atom. The van der Waals surface area contributed by atoms with Crippen molar-refractivity contribution in [3.8, 4) is 0 Å². The van der Waals surface area contributed by atoms with Gasteiger partial charge in [-0.05, 0) is 59.3 Å². The van der Waals surface area contributed by atoms with Crippen LogP contribution in [0.25, 0.3) is 21.5 Å². The lowest BCUT2D eigenvalue weighted by atomic mass is 9.97. The smallest absolute Gasteiger partial charge is 0.130 e. The summed E-state index contributed by atoms with van der Waals surface area (Å²) in [5.74, 6) is 0. The van der Waals surface area contributed by atoms with Crippen LogP contribution in [0.2, 0.25) is 0 Å². The molecule has 1 unspecified atom stereocenters. The number of hydrogen-bond donors (Lipinski definition) is 1. The second-order valence-electron chi connectivity index (χ2n) is 8.52. The largest absolute Gasteiger partial charge is 0.359 e. The molecule has 5 aromatic rings. The average Bonchev–Trinajstić information content (AvgIpc) is 3.19. The molecule has 6 rings (SSSR count). The summed E-state index contributed by atoms with van der Waals surface area (Å²) in [6, 6.07) is 35.2. The molecule has 5 aromatic carbocycles. The molecule has 0 saturated heterocycles. The van der Waals surface area contributed by atoms with Crippen LogP contribution in [0.1, 0.15) is 22.9 Å². The summed E-state index contributed by atoms with van der Waals surface area (Å²) in [5.41, 5.74) is 7.44. The van der Waals surface area contributed by atoms with Crippen molar-refractivity contribution >= 4 is 38.6 Å². The van der Waals surface area contributed by atoms with Gasteiger partial charge in [-0.15, -0.1) is 0 Å². The maximum Gasteiger partial charge on any atom is 0.130 e. The molecular formula is C29H24N2. The Balaban J connectivity index is 1.70. The highest BCUT2D eigenvalue weighted by atomic mass is 15.3. The Bertz CT molecular complexity index is 1440. The maximum absolute atomic E-state index is 3.82. The van der Waals surface area contributed by atoms with Gasteiger partial charge in [-0.2, -0.15) is 0 Å². The lowest BCUT2D eigenvalue weighted by molar-refractivity contribution is 0.829. The van der Waals surface area contributed by atoms with E-state index in [-0.39, 0.29) is 6.17 Å². The molecule has 0 amide bonds. The highest BCUT2D eigenvalue weighted by molar-refractivity contribution is 6.18. The van der Waals surface area contributed by atoms with E-state index >= 15 is 0 Å². The molecule has 1 heterocycles. The number of aryl methyl sites for hydroxylation is 2. The summed E-state index contributed by atoms with van der Waals surface area (Å²) in [7, 11) is 0. The van der Waals surface area contributed by atoms with Crippen LogP contribution in [0.15, 0.2) is 97.1 Å².